The van der Waals surface area contributed by atoms with E-state index >= 15 is 0 Å². The van der Waals surface area contributed by atoms with Crippen LogP contribution < -0.4 is 10.2 Å². The van der Waals surface area contributed by atoms with E-state index in [1.807, 2.05) is 18.3 Å². The van der Waals surface area contributed by atoms with Crippen molar-refractivity contribution in [1.82, 2.24) is 9.55 Å². The number of hydrogen-bond donors (Lipinski definition) is 0. The van der Waals surface area contributed by atoms with Gasteiger partial charge in [-0.2, -0.15) is 0 Å². The number of fused-ring (bicyclic) bond motifs is 1. The number of hydrogen-bond acceptors (Lipinski definition) is 4. The van der Waals surface area contributed by atoms with E-state index in [-0.39, 0.29) is 11.2 Å². The molecular formula is C21H25BN2O3. The molecule has 1 aliphatic heterocycles. The summed E-state index contributed by atoms with van der Waals surface area (Å²) in [7, 11) is 1.28. The Kier molecular flexibility index (Phi) is 4.28. The number of pyridine rings is 1. The largest absolute Gasteiger partial charge is 0.497 e. The minimum Gasteiger partial charge on any atom is -0.497 e. The quantitative estimate of drug-likeness (QED) is 0.666. The predicted molar refractivity (Wildman–Crippen MR) is 108 cm³/mol. The van der Waals surface area contributed by atoms with Crippen molar-refractivity contribution in [1.29, 1.82) is 0 Å². The molecule has 1 saturated heterocycles. The van der Waals surface area contributed by atoms with Gasteiger partial charge in [0, 0.05) is 29.8 Å². The molecule has 0 spiro atoms. The summed E-state index contributed by atoms with van der Waals surface area (Å²) < 4.78 is 19.7. The van der Waals surface area contributed by atoms with Crippen LogP contribution >= 0.6 is 0 Å². The number of benzene rings is 1. The van der Waals surface area contributed by atoms with Gasteiger partial charge in [-0.05, 0) is 57.5 Å². The van der Waals surface area contributed by atoms with E-state index in [4.69, 9.17) is 14.0 Å². The van der Waals surface area contributed by atoms with E-state index in [2.05, 4.69) is 67.7 Å². The number of ether oxygens (including phenoxy) is 1. The molecule has 0 N–H and O–H groups in total. The number of nitrogens with zero attached hydrogens (tertiary/aromatic N) is 2. The fourth-order valence-electron chi connectivity index (χ4n) is 3.26. The molecule has 3 aromatic rings. The number of rotatable bonds is 4. The first-order valence-electron chi connectivity index (χ1n) is 9.22. The smallest absolute Gasteiger partial charge is 0.496 e. The second-order valence-corrected chi connectivity index (χ2v) is 8.06. The Morgan fingerprint density at radius 1 is 1.04 bits per heavy atom. The third-order valence-corrected chi connectivity index (χ3v) is 5.66. The molecule has 0 amide bonds. The van der Waals surface area contributed by atoms with Crippen molar-refractivity contribution < 1.29 is 14.0 Å². The molecule has 0 aliphatic carbocycles. The van der Waals surface area contributed by atoms with Crippen LogP contribution in [-0.2, 0) is 15.9 Å². The Morgan fingerprint density at radius 2 is 1.70 bits per heavy atom. The Morgan fingerprint density at radius 3 is 2.33 bits per heavy atom. The molecule has 1 fully saturated rings. The third kappa shape index (κ3) is 3.24. The minimum absolute atomic E-state index is 0.354. The molecule has 1 aromatic carbocycles. The summed E-state index contributed by atoms with van der Waals surface area (Å²) in [5, 5.41) is 1.08. The lowest BCUT2D eigenvalue weighted by Crippen LogP contribution is -2.41. The standard InChI is InChI=1S/C21H25BN2O3/c1-20(2)21(3,4)27-22(26-20)17-12-16-10-11-24(19(16)23-13-17)14-15-6-8-18(25-5)9-7-15/h6-13H,14H2,1-5H3. The molecule has 140 valence electrons. The fourth-order valence-corrected chi connectivity index (χ4v) is 3.26. The average molecular weight is 364 g/mol. The van der Waals surface area contributed by atoms with Crippen molar-refractivity contribution in [3.63, 3.8) is 0 Å². The molecule has 4 rings (SSSR count). The maximum absolute atomic E-state index is 6.14. The minimum atomic E-state index is -0.392. The van der Waals surface area contributed by atoms with Crippen LogP contribution in [-0.4, -0.2) is 35.0 Å². The zero-order chi connectivity index (χ0) is 19.2. The van der Waals surface area contributed by atoms with Gasteiger partial charge in [0.15, 0.2) is 0 Å². The maximum atomic E-state index is 6.14. The highest BCUT2D eigenvalue weighted by atomic mass is 16.7. The summed E-state index contributed by atoms with van der Waals surface area (Å²) in [4.78, 5) is 4.69. The Balaban J connectivity index is 1.58. The lowest BCUT2D eigenvalue weighted by atomic mass is 9.80. The Labute approximate surface area is 160 Å². The lowest BCUT2D eigenvalue weighted by molar-refractivity contribution is 0.00578. The lowest BCUT2D eigenvalue weighted by Gasteiger charge is -2.32. The van der Waals surface area contributed by atoms with E-state index < -0.39 is 7.12 Å². The second-order valence-electron chi connectivity index (χ2n) is 8.06. The van der Waals surface area contributed by atoms with E-state index in [0.29, 0.717) is 0 Å². The van der Waals surface area contributed by atoms with Gasteiger partial charge in [0.2, 0.25) is 0 Å². The van der Waals surface area contributed by atoms with Crippen molar-refractivity contribution in [2.24, 2.45) is 0 Å². The van der Waals surface area contributed by atoms with Crippen molar-refractivity contribution in [2.45, 2.75) is 45.4 Å². The van der Waals surface area contributed by atoms with Gasteiger partial charge in [0.25, 0.3) is 0 Å². The van der Waals surface area contributed by atoms with Crippen LogP contribution in [0.25, 0.3) is 11.0 Å². The zero-order valence-corrected chi connectivity index (χ0v) is 16.5. The third-order valence-electron chi connectivity index (χ3n) is 5.66. The second kappa shape index (κ2) is 6.39. The van der Waals surface area contributed by atoms with Gasteiger partial charge in [-0.25, -0.2) is 4.98 Å². The summed E-state index contributed by atoms with van der Waals surface area (Å²) >= 11 is 0. The molecule has 27 heavy (non-hydrogen) atoms. The van der Waals surface area contributed by atoms with E-state index in [1.54, 1.807) is 7.11 Å². The summed E-state index contributed by atoms with van der Waals surface area (Å²) in [6, 6.07) is 12.3. The highest BCUT2D eigenvalue weighted by Gasteiger charge is 2.51. The molecule has 5 nitrogen and oxygen atoms in total. The summed E-state index contributed by atoms with van der Waals surface area (Å²) in [6.07, 6.45) is 3.92. The van der Waals surface area contributed by atoms with Gasteiger partial charge < -0.3 is 18.6 Å². The molecular weight excluding hydrogens is 339 g/mol. The highest BCUT2D eigenvalue weighted by molar-refractivity contribution is 6.62. The first-order valence-corrected chi connectivity index (χ1v) is 9.22. The van der Waals surface area contributed by atoms with Crippen LogP contribution in [0.1, 0.15) is 33.3 Å². The van der Waals surface area contributed by atoms with Crippen molar-refractivity contribution in [2.75, 3.05) is 7.11 Å². The first kappa shape index (κ1) is 18.1. The molecule has 0 unspecified atom stereocenters. The Hall–Kier alpha value is -2.31. The van der Waals surface area contributed by atoms with Crippen molar-refractivity contribution in [3.05, 3.63) is 54.4 Å². The number of aromatic nitrogens is 2. The van der Waals surface area contributed by atoms with E-state index in [9.17, 15) is 0 Å². The molecule has 1 aliphatic rings. The van der Waals surface area contributed by atoms with E-state index in [1.165, 1.54) is 5.56 Å². The van der Waals surface area contributed by atoms with Crippen molar-refractivity contribution in [3.8, 4) is 5.75 Å². The molecule has 0 bridgehead atoms. The normalized spacial score (nSPS) is 18.2. The topological polar surface area (TPSA) is 45.5 Å². The summed E-state index contributed by atoms with van der Waals surface area (Å²) in [6.45, 7) is 9.00. The molecule has 0 radical (unpaired) electrons. The van der Waals surface area contributed by atoms with Crippen LogP contribution in [0.2, 0.25) is 0 Å². The fraction of sp³-hybridized carbons (Fsp3) is 0.381. The van der Waals surface area contributed by atoms with Gasteiger partial charge in [-0.3, -0.25) is 0 Å². The molecule has 2 aromatic heterocycles. The van der Waals surface area contributed by atoms with Gasteiger partial charge in [-0.1, -0.05) is 12.1 Å². The highest BCUT2D eigenvalue weighted by Crippen LogP contribution is 2.36. The zero-order valence-electron chi connectivity index (χ0n) is 16.5. The van der Waals surface area contributed by atoms with Crippen LogP contribution in [0.4, 0.5) is 0 Å². The summed E-state index contributed by atoms with van der Waals surface area (Å²) in [5.74, 6) is 0.862. The van der Waals surface area contributed by atoms with Gasteiger partial charge >= 0.3 is 7.12 Å². The van der Waals surface area contributed by atoms with Crippen molar-refractivity contribution >= 4 is 23.6 Å². The van der Waals surface area contributed by atoms with Gasteiger partial charge in [0.1, 0.15) is 11.4 Å². The van der Waals surface area contributed by atoms with Gasteiger partial charge in [0.05, 0.1) is 18.3 Å². The van der Waals surface area contributed by atoms with Crippen LogP contribution in [0.3, 0.4) is 0 Å². The molecule has 0 saturated carbocycles. The monoisotopic (exact) mass is 364 g/mol. The Bertz CT molecular complexity index is 947. The SMILES string of the molecule is COc1ccc(Cn2ccc3cc(B4OC(C)(C)C(C)(C)O4)cnc32)cc1. The molecule has 6 heteroatoms. The van der Waals surface area contributed by atoms with Crippen LogP contribution in [0.15, 0.2) is 48.8 Å². The van der Waals surface area contributed by atoms with Gasteiger partial charge in [-0.15, -0.1) is 0 Å². The number of methoxy groups -OCH3 is 1. The van der Waals surface area contributed by atoms with Crippen LogP contribution in [0.5, 0.6) is 5.75 Å². The van der Waals surface area contributed by atoms with E-state index in [0.717, 1.165) is 28.8 Å². The van der Waals surface area contributed by atoms with Crippen LogP contribution in [0, 0.1) is 0 Å². The molecule has 0 atom stereocenters. The predicted octanol–water partition coefficient (Wildman–Crippen LogP) is 3.39. The maximum Gasteiger partial charge on any atom is 0.496 e. The molecule has 3 heterocycles. The summed E-state index contributed by atoms with van der Waals surface area (Å²) in [5.41, 5.74) is 2.39. The first-order chi connectivity index (χ1) is 12.8. The average Bonchev–Trinajstić information content (AvgIpc) is 3.12.